The van der Waals surface area contributed by atoms with Gasteiger partial charge in [0.25, 0.3) is 0 Å². The number of aliphatic hydroxyl groups is 1. The van der Waals surface area contributed by atoms with Gasteiger partial charge in [-0.2, -0.15) is 4.31 Å². The Morgan fingerprint density at radius 1 is 1.11 bits per heavy atom. The van der Waals surface area contributed by atoms with Crippen LogP contribution >= 0.6 is 7.14 Å². The number of sulfonamides is 1. The van der Waals surface area contributed by atoms with Gasteiger partial charge in [-0.3, -0.25) is 0 Å². The van der Waals surface area contributed by atoms with E-state index in [1.807, 2.05) is 13.8 Å². The Morgan fingerprint density at radius 3 is 2.43 bits per heavy atom. The normalized spacial score (nSPS) is 21.7. The first-order valence-corrected chi connectivity index (χ1v) is 18.9. The van der Waals surface area contributed by atoms with E-state index < -0.39 is 41.5 Å². The van der Waals surface area contributed by atoms with Crippen molar-refractivity contribution in [2.24, 2.45) is 11.8 Å². The molecule has 2 saturated heterocycles. The molecule has 0 aromatic heterocycles. The SMILES string of the molecule is CC(C)CN(C[C@@H](O)[C@H](Cc1ccc(N)cc1)NC(=O)O[C@H]1CO[C@H]2OCC[C@H]21)S(=O)(=O)c1ccc(OCP(C)(C)=O)cc1. The van der Waals surface area contributed by atoms with E-state index in [1.54, 1.807) is 37.6 Å². The molecule has 244 valence electrons. The smallest absolute Gasteiger partial charge is 0.407 e. The van der Waals surface area contributed by atoms with Crippen LogP contribution in [-0.4, -0.2) is 94.4 Å². The van der Waals surface area contributed by atoms with Gasteiger partial charge in [0.1, 0.15) is 25.3 Å². The number of anilines is 1. The Hall–Kier alpha value is -2.67. The van der Waals surface area contributed by atoms with Gasteiger partial charge >= 0.3 is 6.09 Å². The van der Waals surface area contributed by atoms with Gasteiger partial charge in [-0.05, 0) is 74.1 Å². The highest BCUT2D eigenvalue weighted by Crippen LogP contribution is 2.36. The van der Waals surface area contributed by atoms with Crippen molar-refractivity contribution in [1.82, 2.24) is 9.62 Å². The molecule has 0 aliphatic carbocycles. The molecule has 2 aromatic rings. The van der Waals surface area contributed by atoms with Crippen LogP contribution in [0.1, 0.15) is 25.8 Å². The lowest BCUT2D eigenvalue weighted by Crippen LogP contribution is -2.51. The molecule has 0 bridgehead atoms. The molecule has 12 nitrogen and oxygen atoms in total. The predicted octanol–water partition coefficient (Wildman–Crippen LogP) is 3.33. The molecule has 2 heterocycles. The Bertz CT molecular complexity index is 1400. The zero-order chi connectivity index (χ0) is 32.1. The van der Waals surface area contributed by atoms with Crippen molar-refractivity contribution in [2.75, 3.05) is 51.7 Å². The quantitative estimate of drug-likeness (QED) is 0.203. The lowest BCUT2D eigenvalue weighted by Gasteiger charge is -2.31. The van der Waals surface area contributed by atoms with E-state index in [9.17, 15) is 22.9 Å². The number of ether oxygens (including phenoxy) is 4. The molecule has 2 aliphatic rings. The molecular weight excluding hydrogens is 609 g/mol. The van der Waals surface area contributed by atoms with E-state index >= 15 is 0 Å². The minimum atomic E-state index is -4.05. The largest absolute Gasteiger partial charge is 0.486 e. The molecule has 0 spiro atoms. The molecule has 0 radical (unpaired) electrons. The summed E-state index contributed by atoms with van der Waals surface area (Å²) in [5.74, 6) is 0.288. The number of carbonyl (C=O) groups is 1. The van der Waals surface area contributed by atoms with Crippen LogP contribution in [0.25, 0.3) is 0 Å². The topological polar surface area (TPSA) is 167 Å². The average molecular weight is 654 g/mol. The molecule has 44 heavy (non-hydrogen) atoms. The molecule has 0 unspecified atom stereocenters. The molecule has 14 heteroatoms. The predicted molar refractivity (Wildman–Crippen MR) is 167 cm³/mol. The number of rotatable bonds is 14. The van der Waals surface area contributed by atoms with Crippen molar-refractivity contribution in [2.45, 2.75) is 56.1 Å². The molecule has 0 saturated carbocycles. The number of benzene rings is 2. The molecule has 2 aromatic carbocycles. The fourth-order valence-electron chi connectivity index (χ4n) is 5.16. The first-order valence-electron chi connectivity index (χ1n) is 14.7. The van der Waals surface area contributed by atoms with Crippen molar-refractivity contribution in [3.05, 3.63) is 54.1 Å². The van der Waals surface area contributed by atoms with Gasteiger partial charge in [0, 0.05) is 18.8 Å². The number of hydrogen-bond acceptors (Lipinski definition) is 10. The van der Waals surface area contributed by atoms with Gasteiger partial charge in [0.15, 0.2) is 6.29 Å². The summed E-state index contributed by atoms with van der Waals surface area (Å²) in [5, 5.41) is 14.2. The molecule has 4 rings (SSSR count). The lowest BCUT2D eigenvalue weighted by atomic mass is 10.0. The van der Waals surface area contributed by atoms with Crippen LogP contribution in [0.15, 0.2) is 53.4 Å². The summed E-state index contributed by atoms with van der Waals surface area (Å²) < 4.78 is 63.1. The van der Waals surface area contributed by atoms with Gasteiger partial charge in [-0.25, -0.2) is 13.2 Å². The van der Waals surface area contributed by atoms with Crippen molar-refractivity contribution < 1.29 is 41.8 Å². The number of aliphatic hydroxyl groups excluding tert-OH is 1. The molecule has 2 aliphatic heterocycles. The third-order valence-electron chi connectivity index (χ3n) is 7.41. The standard InChI is InChI=1S/C30H44N3O9PS/c1-20(2)16-33(44(37,38)24-11-9-23(10-12-24)41-19-43(3,4)36)17-27(34)26(15-21-5-7-22(31)8-6-21)32-30(35)42-28-18-40-29-25(28)13-14-39-29/h5-12,20,25-29,34H,13-19,31H2,1-4H3,(H,32,35)/t25-,26-,27+,28-,29+/m0/s1. The maximum atomic E-state index is 13.8. The molecular formula is C30H44N3O9PS. The first kappa shape index (κ1) is 34.2. The zero-order valence-electron chi connectivity index (χ0n) is 25.6. The highest BCUT2D eigenvalue weighted by molar-refractivity contribution is 7.89. The Kier molecular flexibility index (Phi) is 11.4. The van der Waals surface area contributed by atoms with Crippen molar-refractivity contribution >= 4 is 28.9 Å². The minimum absolute atomic E-state index is 0.0194. The maximum Gasteiger partial charge on any atom is 0.407 e. The van der Waals surface area contributed by atoms with Gasteiger partial charge in [-0.1, -0.05) is 26.0 Å². The van der Waals surface area contributed by atoms with Crippen LogP contribution in [0, 0.1) is 11.8 Å². The highest BCUT2D eigenvalue weighted by atomic mass is 32.2. The number of amides is 1. The van der Waals surface area contributed by atoms with Gasteiger partial charge in [-0.15, -0.1) is 0 Å². The van der Waals surface area contributed by atoms with Crippen LogP contribution in [0.4, 0.5) is 10.5 Å². The number of alkyl carbamates (subject to hydrolysis) is 1. The Balaban J connectivity index is 1.50. The second kappa shape index (κ2) is 14.6. The van der Waals surface area contributed by atoms with E-state index in [1.165, 1.54) is 28.6 Å². The fourth-order valence-corrected chi connectivity index (χ4v) is 7.24. The summed E-state index contributed by atoms with van der Waals surface area (Å²) in [6.07, 6.45) is -1.94. The van der Waals surface area contributed by atoms with E-state index in [0.29, 0.717) is 24.5 Å². The fraction of sp³-hybridized carbons (Fsp3) is 0.567. The van der Waals surface area contributed by atoms with E-state index in [2.05, 4.69) is 5.32 Å². The Morgan fingerprint density at radius 2 is 1.80 bits per heavy atom. The Labute approximate surface area is 259 Å². The molecule has 4 N–H and O–H groups in total. The number of carbonyl (C=O) groups excluding carboxylic acids is 1. The van der Waals surface area contributed by atoms with Gasteiger partial charge < -0.3 is 39.7 Å². The molecule has 2 fully saturated rings. The van der Waals surface area contributed by atoms with Crippen LogP contribution < -0.4 is 15.8 Å². The maximum absolute atomic E-state index is 13.8. The van der Waals surface area contributed by atoms with Crippen LogP contribution in [0.2, 0.25) is 0 Å². The number of nitrogens with zero attached hydrogens (tertiary/aromatic N) is 1. The van der Waals surface area contributed by atoms with Crippen LogP contribution in [0.5, 0.6) is 5.75 Å². The number of fused-ring (bicyclic) bond motifs is 1. The number of nitrogen functional groups attached to an aromatic ring is 1. The summed E-state index contributed by atoms with van der Waals surface area (Å²) in [5.41, 5.74) is 7.19. The summed E-state index contributed by atoms with van der Waals surface area (Å²) in [6, 6.07) is 12.0. The number of nitrogens with one attached hydrogen (secondary N) is 1. The van der Waals surface area contributed by atoms with E-state index in [-0.39, 0.29) is 55.5 Å². The first-order chi connectivity index (χ1) is 20.7. The second-order valence-electron chi connectivity index (χ2n) is 12.3. The number of nitrogens with two attached hydrogens (primary N) is 1. The molecule has 5 atom stereocenters. The average Bonchev–Trinajstić information content (AvgIpc) is 3.57. The third-order valence-corrected chi connectivity index (χ3v) is 10.0. The zero-order valence-corrected chi connectivity index (χ0v) is 27.3. The summed E-state index contributed by atoms with van der Waals surface area (Å²) in [4.78, 5) is 13.1. The number of hydrogen-bond donors (Lipinski definition) is 3. The van der Waals surface area contributed by atoms with Crippen LogP contribution in [-0.2, 0) is 35.2 Å². The minimum Gasteiger partial charge on any atom is -0.486 e. The van der Waals surface area contributed by atoms with Gasteiger partial charge in [0.05, 0.1) is 36.2 Å². The highest BCUT2D eigenvalue weighted by Gasteiger charge is 2.44. The van der Waals surface area contributed by atoms with Crippen LogP contribution in [0.3, 0.4) is 0 Å². The molecule has 1 amide bonds. The summed E-state index contributed by atoms with van der Waals surface area (Å²) >= 11 is 0. The van der Waals surface area contributed by atoms with Crippen molar-refractivity contribution in [3.8, 4) is 5.75 Å². The summed E-state index contributed by atoms with van der Waals surface area (Å²) in [6.45, 7) is 7.58. The summed E-state index contributed by atoms with van der Waals surface area (Å²) in [7, 11) is -6.47. The van der Waals surface area contributed by atoms with Crippen molar-refractivity contribution in [1.29, 1.82) is 0 Å². The van der Waals surface area contributed by atoms with E-state index in [0.717, 1.165) is 5.56 Å². The van der Waals surface area contributed by atoms with Gasteiger partial charge in [0.2, 0.25) is 10.0 Å². The third kappa shape index (κ3) is 9.42. The second-order valence-corrected chi connectivity index (χ2v) is 17.6. The monoisotopic (exact) mass is 653 g/mol. The van der Waals surface area contributed by atoms with Crippen molar-refractivity contribution in [3.63, 3.8) is 0 Å². The van der Waals surface area contributed by atoms with E-state index in [4.69, 9.17) is 24.7 Å². The lowest BCUT2D eigenvalue weighted by molar-refractivity contribution is -0.0907.